The molecule has 6 heteroatoms. The first-order valence-corrected chi connectivity index (χ1v) is 7.93. The number of hydrogen-bond donors (Lipinski definition) is 1. The molecule has 1 heterocycles. The summed E-state index contributed by atoms with van der Waals surface area (Å²) < 4.78 is 2.24. The third kappa shape index (κ3) is 2.78. The second-order valence-electron chi connectivity index (χ2n) is 5.74. The van der Waals surface area contributed by atoms with Gasteiger partial charge in [-0.2, -0.15) is 0 Å². The molecule has 1 N–H and O–H groups in total. The maximum atomic E-state index is 10.7. The Morgan fingerprint density at radius 1 is 1.37 bits per heavy atom. The lowest BCUT2D eigenvalue weighted by Crippen LogP contribution is -2.11. The zero-order valence-electron chi connectivity index (χ0n) is 11.1. The summed E-state index contributed by atoms with van der Waals surface area (Å²) in [6.07, 6.45) is 5.97. The highest BCUT2D eigenvalue weighted by atomic mass is 32.2. The number of aromatic nitrogens is 3. The van der Waals surface area contributed by atoms with Gasteiger partial charge >= 0.3 is 5.97 Å². The SMILES string of the molecule is CC1CCC(n2c(SCC(=O)O)nnc2C2CC2)C1. The van der Waals surface area contributed by atoms with Crippen molar-refractivity contribution in [3.63, 3.8) is 0 Å². The molecule has 1 aromatic rings. The smallest absolute Gasteiger partial charge is 0.313 e. The fourth-order valence-electron chi connectivity index (χ4n) is 2.89. The van der Waals surface area contributed by atoms with E-state index in [2.05, 4.69) is 21.7 Å². The largest absolute Gasteiger partial charge is 0.481 e. The van der Waals surface area contributed by atoms with E-state index in [-0.39, 0.29) is 5.75 Å². The van der Waals surface area contributed by atoms with Gasteiger partial charge in [-0.1, -0.05) is 18.7 Å². The van der Waals surface area contributed by atoms with Gasteiger partial charge in [-0.05, 0) is 38.0 Å². The molecule has 0 aromatic carbocycles. The van der Waals surface area contributed by atoms with Crippen LogP contribution in [0.4, 0.5) is 0 Å². The number of carboxylic acid groups (broad SMARTS) is 1. The monoisotopic (exact) mass is 281 g/mol. The molecule has 2 aliphatic carbocycles. The summed E-state index contributed by atoms with van der Waals surface area (Å²) in [5.74, 6) is 1.66. The van der Waals surface area contributed by atoms with Gasteiger partial charge in [0, 0.05) is 12.0 Å². The summed E-state index contributed by atoms with van der Waals surface area (Å²) in [6, 6.07) is 0.469. The fraction of sp³-hybridized carbons (Fsp3) is 0.769. The van der Waals surface area contributed by atoms with Crippen LogP contribution in [0, 0.1) is 5.92 Å². The second kappa shape index (κ2) is 5.15. The van der Waals surface area contributed by atoms with Gasteiger partial charge in [-0.3, -0.25) is 4.79 Å². The topological polar surface area (TPSA) is 68.0 Å². The number of carbonyl (C=O) groups is 1. The number of aliphatic carboxylic acids is 1. The lowest BCUT2D eigenvalue weighted by Gasteiger charge is -2.16. The van der Waals surface area contributed by atoms with Crippen molar-refractivity contribution in [1.82, 2.24) is 14.8 Å². The van der Waals surface area contributed by atoms with E-state index in [1.807, 2.05) is 0 Å². The first kappa shape index (κ1) is 13.0. The van der Waals surface area contributed by atoms with Gasteiger partial charge in [0.25, 0.3) is 0 Å². The van der Waals surface area contributed by atoms with Crippen molar-refractivity contribution in [3.8, 4) is 0 Å². The van der Waals surface area contributed by atoms with Gasteiger partial charge in [-0.15, -0.1) is 10.2 Å². The van der Waals surface area contributed by atoms with Crippen LogP contribution in [-0.4, -0.2) is 31.6 Å². The van der Waals surface area contributed by atoms with E-state index in [1.165, 1.54) is 43.9 Å². The van der Waals surface area contributed by atoms with E-state index in [9.17, 15) is 4.79 Å². The van der Waals surface area contributed by atoms with Crippen LogP contribution in [-0.2, 0) is 4.79 Å². The van der Waals surface area contributed by atoms with E-state index in [4.69, 9.17) is 5.11 Å². The molecule has 0 aliphatic heterocycles. The van der Waals surface area contributed by atoms with Gasteiger partial charge in [0.05, 0.1) is 5.75 Å². The van der Waals surface area contributed by atoms with Crippen LogP contribution in [0.5, 0.6) is 0 Å². The van der Waals surface area contributed by atoms with Crippen LogP contribution in [0.2, 0.25) is 0 Å². The Morgan fingerprint density at radius 2 is 2.16 bits per heavy atom. The Morgan fingerprint density at radius 3 is 2.74 bits per heavy atom. The maximum absolute atomic E-state index is 10.7. The summed E-state index contributed by atoms with van der Waals surface area (Å²) in [6.45, 7) is 2.28. The van der Waals surface area contributed by atoms with Gasteiger partial charge < -0.3 is 9.67 Å². The minimum Gasteiger partial charge on any atom is -0.481 e. The Kier molecular flexibility index (Phi) is 3.52. The molecule has 3 rings (SSSR count). The molecule has 0 bridgehead atoms. The molecule has 1 aromatic heterocycles. The van der Waals surface area contributed by atoms with Crippen molar-refractivity contribution >= 4 is 17.7 Å². The average molecular weight is 281 g/mol. The van der Waals surface area contributed by atoms with Gasteiger partial charge in [0.1, 0.15) is 5.82 Å². The molecule has 2 saturated carbocycles. The Bertz CT molecular complexity index is 484. The Balaban J connectivity index is 1.84. The van der Waals surface area contributed by atoms with E-state index in [1.54, 1.807) is 0 Å². The lowest BCUT2D eigenvalue weighted by molar-refractivity contribution is -0.133. The summed E-state index contributed by atoms with van der Waals surface area (Å²) >= 11 is 1.30. The van der Waals surface area contributed by atoms with Crippen LogP contribution in [0.15, 0.2) is 5.16 Å². The second-order valence-corrected chi connectivity index (χ2v) is 6.68. The van der Waals surface area contributed by atoms with Gasteiger partial charge in [0.2, 0.25) is 0 Å². The summed E-state index contributed by atoms with van der Waals surface area (Å²) in [5.41, 5.74) is 0. The third-order valence-electron chi connectivity index (χ3n) is 3.99. The standard InChI is InChI=1S/C13H19N3O2S/c1-8-2-5-10(6-8)16-12(9-3-4-9)14-15-13(16)19-7-11(17)18/h8-10H,2-7H2,1H3,(H,17,18). The van der Waals surface area contributed by atoms with E-state index in [0.717, 1.165) is 16.9 Å². The van der Waals surface area contributed by atoms with E-state index >= 15 is 0 Å². The van der Waals surface area contributed by atoms with E-state index < -0.39 is 5.97 Å². The first-order chi connectivity index (χ1) is 9.15. The van der Waals surface area contributed by atoms with Gasteiger partial charge in [-0.25, -0.2) is 0 Å². The van der Waals surface area contributed by atoms with E-state index in [0.29, 0.717) is 12.0 Å². The molecule has 0 saturated heterocycles. The molecule has 2 fully saturated rings. The zero-order chi connectivity index (χ0) is 13.4. The molecule has 0 radical (unpaired) electrons. The highest BCUT2D eigenvalue weighted by Crippen LogP contribution is 2.44. The number of hydrogen-bond acceptors (Lipinski definition) is 4. The highest BCUT2D eigenvalue weighted by molar-refractivity contribution is 7.99. The minimum absolute atomic E-state index is 0.0606. The van der Waals surface area contributed by atoms with Crippen LogP contribution in [0.1, 0.15) is 56.8 Å². The molecule has 19 heavy (non-hydrogen) atoms. The van der Waals surface area contributed by atoms with Crippen LogP contribution in [0.3, 0.4) is 0 Å². The van der Waals surface area contributed by atoms with Crippen LogP contribution in [0.25, 0.3) is 0 Å². The third-order valence-corrected chi connectivity index (χ3v) is 4.92. The van der Waals surface area contributed by atoms with Gasteiger partial charge in [0.15, 0.2) is 5.16 Å². The normalized spacial score (nSPS) is 26.8. The first-order valence-electron chi connectivity index (χ1n) is 6.94. The van der Waals surface area contributed by atoms with Crippen molar-refractivity contribution in [1.29, 1.82) is 0 Å². The van der Waals surface area contributed by atoms with Crippen molar-refractivity contribution in [3.05, 3.63) is 5.82 Å². The van der Waals surface area contributed by atoms with Crippen LogP contribution < -0.4 is 0 Å². The molecular weight excluding hydrogens is 262 g/mol. The quantitative estimate of drug-likeness (QED) is 0.840. The van der Waals surface area contributed by atoms with Crippen molar-refractivity contribution in [2.75, 3.05) is 5.75 Å². The Labute approximate surface area is 116 Å². The maximum Gasteiger partial charge on any atom is 0.313 e. The summed E-state index contributed by atoms with van der Waals surface area (Å²) in [5, 5.41) is 18.2. The Hall–Kier alpha value is -1.04. The van der Waals surface area contributed by atoms with Crippen molar-refractivity contribution in [2.24, 2.45) is 5.92 Å². The molecule has 2 aliphatic rings. The number of carboxylic acids is 1. The molecule has 2 unspecified atom stereocenters. The molecule has 5 nitrogen and oxygen atoms in total. The van der Waals surface area contributed by atoms with Crippen LogP contribution >= 0.6 is 11.8 Å². The highest BCUT2D eigenvalue weighted by Gasteiger charge is 2.34. The summed E-state index contributed by atoms with van der Waals surface area (Å²) in [7, 11) is 0. The minimum atomic E-state index is -0.799. The van der Waals surface area contributed by atoms with Crippen molar-refractivity contribution in [2.45, 2.75) is 56.1 Å². The predicted molar refractivity (Wildman–Crippen MR) is 72.4 cm³/mol. The molecule has 104 valence electrons. The predicted octanol–water partition coefficient (Wildman–Crippen LogP) is 2.69. The average Bonchev–Trinajstić information content (AvgIpc) is 2.98. The number of thioether (sulfide) groups is 1. The number of rotatable bonds is 5. The fourth-order valence-corrected chi connectivity index (χ4v) is 3.62. The molecule has 2 atom stereocenters. The zero-order valence-corrected chi connectivity index (χ0v) is 11.9. The lowest BCUT2D eigenvalue weighted by atomic mass is 10.1. The van der Waals surface area contributed by atoms with Crippen molar-refractivity contribution < 1.29 is 9.90 Å². The molecule has 0 spiro atoms. The number of nitrogens with zero attached hydrogens (tertiary/aromatic N) is 3. The molecular formula is C13H19N3O2S. The molecule has 0 amide bonds. The summed E-state index contributed by atoms with van der Waals surface area (Å²) in [4.78, 5) is 10.7.